The Morgan fingerprint density at radius 1 is 1.24 bits per heavy atom. The van der Waals surface area contributed by atoms with Crippen LogP contribution in [-0.4, -0.2) is 20.2 Å². The summed E-state index contributed by atoms with van der Waals surface area (Å²) in [5.74, 6) is 1.74. The van der Waals surface area contributed by atoms with Gasteiger partial charge in [-0.25, -0.2) is 4.68 Å². The summed E-state index contributed by atoms with van der Waals surface area (Å²) in [7, 11) is 0. The lowest BCUT2D eigenvalue weighted by atomic mass is 9.84. The van der Waals surface area contributed by atoms with E-state index in [0.717, 1.165) is 28.6 Å². The molecule has 0 atom stereocenters. The van der Waals surface area contributed by atoms with Gasteiger partial charge in [-0.15, -0.1) is 5.10 Å². The molecule has 1 aromatic heterocycles. The Bertz CT molecular complexity index is 611. The predicted octanol–water partition coefficient (Wildman–Crippen LogP) is 3.37. The molecule has 1 saturated carbocycles. The predicted molar refractivity (Wildman–Crippen MR) is 83.7 cm³/mol. The van der Waals surface area contributed by atoms with Crippen molar-refractivity contribution >= 4 is 5.69 Å². The third kappa shape index (κ3) is 2.77. The summed E-state index contributed by atoms with van der Waals surface area (Å²) in [6, 6.07) is 6.33. The average molecular weight is 285 g/mol. The fourth-order valence-corrected chi connectivity index (χ4v) is 3.35. The van der Waals surface area contributed by atoms with E-state index in [0.29, 0.717) is 6.04 Å². The lowest BCUT2D eigenvalue weighted by molar-refractivity contribution is 0.255. The number of hydrogen-bond acceptors (Lipinski definition) is 4. The highest BCUT2D eigenvalue weighted by Crippen LogP contribution is 2.35. The van der Waals surface area contributed by atoms with Crippen LogP contribution in [-0.2, 0) is 0 Å². The van der Waals surface area contributed by atoms with E-state index in [1.54, 1.807) is 0 Å². The van der Waals surface area contributed by atoms with E-state index in [9.17, 15) is 0 Å². The standard InChI is InChI=1S/C16H23N5/c1-3-12-4-7-14(8-5-12)21-16(18-19-20-21)15-9-6-13(17)10-11(15)2/h6,9-10,12,14H,3-5,7-8,17H2,1-2H3. The molecule has 0 bridgehead atoms. The van der Waals surface area contributed by atoms with Gasteiger partial charge in [0.2, 0.25) is 0 Å². The van der Waals surface area contributed by atoms with Crippen molar-refractivity contribution < 1.29 is 0 Å². The van der Waals surface area contributed by atoms with Crippen molar-refractivity contribution in [2.45, 2.75) is 52.0 Å². The summed E-state index contributed by atoms with van der Waals surface area (Å²) >= 11 is 0. The summed E-state index contributed by atoms with van der Waals surface area (Å²) in [6.45, 7) is 4.34. The van der Waals surface area contributed by atoms with Crippen LogP contribution in [0.25, 0.3) is 11.4 Å². The van der Waals surface area contributed by atoms with Crippen molar-refractivity contribution in [1.29, 1.82) is 0 Å². The van der Waals surface area contributed by atoms with Crippen molar-refractivity contribution in [2.75, 3.05) is 5.73 Å². The normalized spacial score (nSPS) is 22.4. The molecule has 1 fully saturated rings. The molecule has 5 heteroatoms. The van der Waals surface area contributed by atoms with Crippen LogP contribution in [0.1, 0.15) is 50.6 Å². The van der Waals surface area contributed by atoms with Crippen LogP contribution in [0.3, 0.4) is 0 Å². The summed E-state index contributed by atoms with van der Waals surface area (Å²) in [5, 5.41) is 12.4. The first-order valence-electron chi connectivity index (χ1n) is 7.83. The number of tetrazole rings is 1. The van der Waals surface area contributed by atoms with Gasteiger partial charge in [0.25, 0.3) is 0 Å². The molecule has 21 heavy (non-hydrogen) atoms. The molecule has 1 aliphatic rings. The Kier molecular flexibility index (Phi) is 3.90. The number of nitrogens with two attached hydrogens (primary N) is 1. The molecule has 1 aliphatic carbocycles. The van der Waals surface area contributed by atoms with E-state index in [1.165, 1.54) is 32.1 Å². The smallest absolute Gasteiger partial charge is 0.182 e. The summed E-state index contributed by atoms with van der Waals surface area (Å²) in [6.07, 6.45) is 6.18. The summed E-state index contributed by atoms with van der Waals surface area (Å²) in [4.78, 5) is 0. The molecule has 0 saturated heterocycles. The van der Waals surface area contributed by atoms with Crippen molar-refractivity contribution in [1.82, 2.24) is 20.2 Å². The van der Waals surface area contributed by atoms with Gasteiger partial charge in [0.05, 0.1) is 6.04 Å². The lowest BCUT2D eigenvalue weighted by Crippen LogP contribution is -2.19. The summed E-state index contributed by atoms with van der Waals surface area (Å²) in [5.41, 5.74) is 8.81. The van der Waals surface area contributed by atoms with Crippen LogP contribution < -0.4 is 5.73 Å². The third-order valence-corrected chi connectivity index (χ3v) is 4.72. The van der Waals surface area contributed by atoms with Crippen molar-refractivity contribution in [3.8, 4) is 11.4 Å². The first-order valence-corrected chi connectivity index (χ1v) is 7.83. The van der Waals surface area contributed by atoms with Crippen molar-refractivity contribution in [3.05, 3.63) is 23.8 Å². The average Bonchev–Trinajstić information content (AvgIpc) is 2.96. The van der Waals surface area contributed by atoms with Crippen LogP contribution in [0, 0.1) is 12.8 Å². The molecule has 0 radical (unpaired) electrons. The summed E-state index contributed by atoms with van der Waals surface area (Å²) < 4.78 is 2.02. The van der Waals surface area contributed by atoms with Crippen LogP contribution in [0.15, 0.2) is 18.2 Å². The molecule has 2 N–H and O–H groups in total. The van der Waals surface area contributed by atoms with Crippen LogP contribution in [0.4, 0.5) is 5.69 Å². The number of anilines is 1. The molecule has 0 unspecified atom stereocenters. The van der Waals surface area contributed by atoms with E-state index in [2.05, 4.69) is 29.4 Å². The van der Waals surface area contributed by atoms with Gasteiger partial charge < -0.3 is 5.73 Å². The molecule has 0 spiro atoms. The van der Waals surface area contributed by atoms with E-state index in [-0.39, 0.29) is 0 Å². The molecule has 0 aliphatic heterocycles. The van der Waals surface area contributed by atoms with Gasteiger partial charge in [-0.2, -0.15) is 0 Å². The highest BCUT2D eigenvalue weighted by atomic mass is 15.5. The van der Waals surface area contributed by atoms with Crippen LogP contribution >= 0.6 is 0 Å². The molecule has 0 amide bonds. The maximum Gasteiger partial charge on any atom is 0.182 e. The van der Waals surface area contributed by atoms with Gasteiger partial charge in [-0.1, -0.05) is 13.3 Å². The second-order valence-electron chi connectivity index (χ2n) is 6.10. The highest BCUT2D eigenvalue weighted by Gasteiger charge is 2.25. The molecular weight excluding hydrogens is 262 g/mol. The van der Waals surface area contributed by atoms with Gasteiger partial charge in [-0.3, -0.25) is 0 Å². The van der Waals surface area contributed by atoms with Crippen molar-refractivity contribution in [3.63, 3.8) is 0 Å². The van der Waals surface area contributed by atoms with Gasteiger partial charge >= 0.3 is 0 Å². The zero-order chi connectivity index (χ0) is 14.8. The second-order valence-corrected chi connectivity index (χ2v) is 6.10. The molecule has 5 nitrogen and oxygen atoms in total. The Hall–Kier alpha value is -1.91. The second kappa shape index (κ2) is 5.84. The topological polar surface area (TPSA) is 69.6 Å². The van der Waals surface area contributed by atoms with E-state index >= 15 is 0 Å². The number of aryl methyl sites for hydroxylation is 1. The Morgan fingerprint density at radius 2 is 2.00 bits per heavy atom. The fourth-order valence-electron chi connectivity index (χ4n) is 3.35. The molecule has 3 rings (SSSR count). The number of nitrogens with zero attached hydrogens (tertiary/aromatic N) is 4. The van der Waals surface area contributed by atoms with E-state index < -0.39 is 0 Å². The fraction of sp³-hybridized carbons (Fsp3) is 0.562. The molecule has 1 heterocycles. The number of rotatable bonds is 3. The first-order chi connectivity index (χ1) is 10.2. The number of benzene rings is 1. The largest absolute Gasteiger partial charge is 0.399 e. The zero-order valence-electron chi connectivity index (χ0n) is 12.8. The molecule has 2 aromatic rings. The number of hydrogen-bond donors (Lipinski definition) is 1. The monoisotopic (exact) mass is 285 g/mol. The quantitative estimate of drug-likeness (QED) is 0.878. The van der Waals surface area contributed by atoms with Crippen molar-refractivity contribution in [2.24, 2.45) is 5.92 Å². The Labute approximate surface area is 125 Å². The first kappa shape index (κ1) is 14.0. The zero-order valence-corrected chi connectivity index (χ0v) is 12.8. The van der Waals surface area contributed by atoms with Gasteiger partial charge in [0.15, 0.2) is 5.82 Å². The number of aromatic nitrogens is 4. The van der Waals surface area contributed by atoms with Gasteiger partial charge in [0.1, 0.15) is 0 Å². The minimum atomic E-state index is 0.426. The van der Waals surface area contributed by atoms with Crippen LogP contribution in [0.2, 0.25) is 0 Å². The van der Waals surface area contributed by atoms with Gasteiger partial charge in [0, 0.05) is 11.3 Å². The highest BCUT2D eigenvalue weighted by molar-refractivity contribution is 5.63. The van der Waals surface area contributed by atoms with E-state index in [1.807, 2.05) is 22.9 Å². The minimum absolute atomic E-state index is 0.426. The van der Waals surface area contributed by atoms with E-state index in [4.69, 9.17) is 5.73 Å². The maximum absolute atomic E-state index is 5.83. The van der Waals surface area contributed by atoms with Gasteiger partial charge in [-0.05, 0) is 72.7 Å². The number of nitrogen functional groups attached to an aromatic ring is 1. The van der Waals surface area contributed by atoms with Crippen LogP contribution in [0.5, 0.6) is 0 Å². The molecule has 112 valence electrons. The minimum Gasteiger partial charge on any atom is -0.399 e. The SMILES string of the molecule is CCC1CCC(n2nnnc2-c2ccc(N)cc2C)CC1. The lowest BCUT2D eigenvalue weighted by Gasteiger charge is -2.28. The Balaban J connectivity index is 1.87. The molecular formula is C16H23N5. The molecule has 1 aromatic carbocycles. The Morgan fingerprint density at radius 3 is 2.67 bits per heavy atom. The third-order valence-electron chi connectivity index (χ3n) is 4.72. The maximum atomic E-state index is 5.83.